The summed E-state index contributed by atoms with van der Waals surface area (Å²) in [4.78, 5) is 4.43. The van der Waals surface area contributed by atoms with Crippen LogP contribution in [0, 0.1) is 0 Å². The minimum absolute atomic E-state index is 0.0274. The van der Waals surface area contributed by atoms with Crippen molar-refractivity contribution in [3.05, 3.63) is 35.5 Å². The summed E-state index contributed by atoms with van der Waals surface area (Å²) < 4.78 is 21.2. The maximum absolute atomic E-state index is 5.40. The molecule has 0 bridgehead atoms. The second-order valence-electron chi connectivity index (χ2n) is 5.00. The van der Waals surface area contributed by atoms with Gasteiger partial charge in [0.2, 0.25) is 5.89 Å². The minimum atomic E-state index is -0.0274. The van der Waals surface area contributed by atoms with Gasteiger partial charge in [-0.25, -0.2) is 0 Å². The highest BCUT2D eigenvalue weighted by Gasteiger charge is 2.21. The summed E-state index contributed by atoms with van der Waals surface area (Å²) in [6.07, 6.45) is 0.567. The minimum Gasteiger partial charge on any atom is -0.493 e. The molecule has 0 amide bonds. The molecule has 1 saturated heterocycles. The van der Waals surface area contributed by atoms with Gasteiger partial charge in [-0.3, -0.25) is 0 Å². The second kappa shape index (κ2) is 6.76. The van der Waals surface area contributed by atoms with Gasteiger partial charge in [-0.1, -0.05) is 11.2 Å². The van der Waals surface area contributed by atoms with Crippen LogP contribution in [0.2, 0.25) is 0 Å². The normalized spacial score (nSPS) is 18.2. The summed E-state index contributed by atoms with van der Waals surface area (Å²) in [7, 11) is 3.23. The molecule has 1 atom stereocenters. The highest BCUT2D eigenvalue weighted by Crippen LogP contribution is 2.28. The summed E-state index contributed by atoms with van der Waals surface area (Å²) >= 11 is 0. The van der Waals surface area contributed by atoms with Crippen LogP contribution < -0.4 is 14.8 Å². The van der Waals surface area contributed by atoms with Crippen molar-refractivity contribution in [2.45, 2.75) is 12.5 Å². The predicted octanol–water partition coefficient (Wildman–Crippen LogP) is 1.34. The Morgan fingerprint density at radius 2 is 2.14 bits per heavy atom. The molecule has 0 aliphatic carbocycles. The second-order valence-corrected chi connectivity index (χ2v) is 5.00. The highest BCUT2D eigenvalue weighted by molar-refractivity contribution is 5.43. The molecule has 7 nitrogen and oxygen atoms in total. The van der Waals surface area contributed by atoms with E-state index in [9.17, 15) is 0 Å². The van der Waals surface area contributed by atoms with E-state index in [1.54, 1.807) is 14.2 Å². The molecular weight excluding hydrogens is 286 g/mol. The lowest BCUT2D eigenvalue weighted by Gasteiger charge is -2.20. The first kappa shape index (κ1) is 14.8. The SMILES string of the molecule is COc1ccc(Cc2noc(C3COCCN3)n2)cc1OC. The number of hydrogen-bond acceptors (Lipinski definition) is 7. The molecule has 22 heavy (non-hydrogen) atoms. The van der Waals surface area contributed by atoms with E-state index in [4.69, 9.17) is 18.7 Å². The molecule has 0 radical (unpaired) electrons. The molecule has 1 aromatic carbocycles. The molecule has 2 heterocycles. The fraction of sp³-hybridized carbons (Fsp3) is 0.467. The summed E-state index contributed by atoms with van der Waals surface area (Å²) in [5, 5.41) is 7.32. The van der Waals surface area contributed by atoms with Crippen LogP contribution in [0.15, 0.2) is 22.7 Å². The molecule has 1 aliphatic heterocycles. The van der Waals surface area contributed by atoms with Gasteiger partial charge in [0.25, 0.3) is 0 Å². The van der Waals surface area contributed by atoms with E-state index in [2.05, 4.69) is 15.5 Å². The molecule has 1 N–H and O–H groups in total. The summed E-state index contributed by atoms with van der Waals surface area (Å²) in [5.74, 6) is 2.58. The van der Waals surface area contributed by atoms with Crippen LogP contribution >= 0.6 is 0 Å². The number of morpholine rings is 1. The number of ether oxygens (including phenoxy) is 3. The first-order valence-corrected chi connectivity index (χ1v) is 7.14. The van der Waals surface area contributed by atoms with Crippen molar-refractivity contribution < 1.29 is 18.7 Å². The van der Waals surface area contributed by atoms with Crippen LogP contribution in [0.1, 0.15) is 23.3 Å². The zero-order valence-corrected chi connectivity index (χ0v) is 12.7. The van der Waals surface area contributed by atoms with Gasteiger partial charge in [-0.05, 0) is 17.7 Å². The third kappa shape index (κ3) is 3.20. The Hall–Kier alpha value is -2.12. The first-order chi connectivity index (χ1) is 10.8. The van der Waals surface area contributed by atoms with Gasteiger partial charge in [0, 0.05) is 13.0 Å². The van der Waals surface area contributed by atoms with Gasteiger partial charge in [0.05, 0.1) is 27.4 Å². The molecular formula is C15H19N3O4. The summed E-state index contributed by atoms with van der Waals surface area (Å²) in [5.41, 5.74) is 1.03. The van der Waals surface area contributed by atoms with Crippen molar-refractivity contribution in [3.8, 4) is 11.5 Å². The van der Waals surface area contributed by atoms with Crippen LogP contribution in [0.25, 0.3) is 0 Å². The fourth-order valence-corrected chi connectivity index (χ4v) is 2.38. The Morgan fingerprint density at radius 3 is 2.86 bits per heavy atom. The van der Waals surface area contributed by atoms with E-state index in [-0.39, 0.29) is 6.04 Å². The van der Waals surface area contributed by atoms with Crippen LogP contribution in [0.5, 0.6) is 11.5 Å². The quantitative estimate of drug-likeness (QED) is 0.893. The fourth-order valence-electron chi connectivity index (χ4n) is 2.38. The van der Waals surface area contributed by atoms with E-state index in [1.165, 1.54) is 0 Å². The van der Waals surface area contributed by atoms with E-state index < -0.39 is 0 Å². The number of benzene rings is 1. The lowest BCUT2D eigenvalue weighted by molar-refractivity contribution is 0.0659. The van der Waals surface area contributed by atoms with Gasteiger partial charge >= 0.3 is 0 Å². The maximum atomic E-state index is 5.40. The molecule has 1 fully saturated rings. The smallest absolute Gasteiger partial charge is 0.246 e. The van der Waals surface area contributed by atoms with Crippen molar-refractivity contribution in [2.24, 2.45) is 0 Å². The van der Waals surface area contributed by atoms with Gasteiger partial charge in [-0.15, -0.1) is 0 Å². The number of aromatic nitrogens is 2. The third-order valence-electron chi connectivity index (χ3n) is 3.51. The largest absolute Gasteiger partial charge is 0.493 e. The molecule has 3 rings (SSSR count). The molecule has 118 valence electrons. The Labute approximate surface area is 128 Å². The molecule has 0 saturated carbocycles. The molecule has 1 aliphatic rings. The topological polar surface area (TPSA) is 78.6 Å². The number of rotatable bonds is 5. The molecule has 0 spiro atoms. The van der Waals surface area contributed by atoms with E-state index in [1.807, 2.05) is 18.2 Å². The van der Waals surface area contributed by atoms with Gasteiger partial charge in [0.15, 0.2) is 17.3 Å². The Balaban J connectivity index is 1.72. The predicted molar refractivity (Wildman–Crippen MR) is 78.2 cm³/mol. The Morgan fingerprint density at radius 1 is 1.27 bits per heavy atom. The molecule has 7 heteroatoms. The average molecular weight is 305 g/mol. The molecule has 1 unspecified atom stereocenters. The Kier molecular flexibility index (Phi) is 4.55. The number of nitrogens with one attached hydrogen (secondary N) is 1. The van der Waals surface area contributed by atoms with Gasteiger partial charge < -0.3 is 24.1 Å². The van der Waals surface area contributed by atoms with E-state index in [0.717, 1.165) is 12.1 Å². The summed E-state index contributed by atoms with van der Waals surface area (Å²) in [6.45, 7) is 2.05. The van der Waals surface area contributed by atoms with Crippen molar-refractivity contribution in [2.75, 3.05) is 34.0 Å². The van der Waals surface area contributed by atoms with Crippen LogP contribution in [0.3, 0.4) is 0 Å². The monoisotopic (exact) mass is 305 g/mol. The van der Waals surface area contributed by atoms with Gasteiger partial charge in [-0.2, -0.15) is 4.98 Å². The number of nitrogens with zero attached hydrogens (tertiary/aromatic N) is 2. The number of hydrogen-bond donors (Lipinski definition) is 1. The lowest BCUT2D eigenvalue weighted by Crippen LogP contribution is -2.34. The van der Waals surface area contributed by atoms with Crippen molar-refractivity contribution in [1.29, 1.82) is 0 Å². The van der Waals surface area contributed by atoms with Crippen LogP contribution in [-0.2, 0) is 11.2 Å². The Bertz CT molecular complexity index is 623. The molecule has 2 aromatic rings. The zero-order chi connectivity index (χ0) is 15.4. The van der Waals surface area contributed by atoms with Crippen LogP contribution in [0.4, 0.5) is 0 Å². The van der Waals surface area contributed by atoms with E-state index in [0.29, 0.717) is 42.8 Å². The zero-order valence-electron chi connectivity index (χ0n) is 12.7. The van der Waals surface area contributed by atoms with E-state index >= 15 is 0 Å². The van der Waals surface area contributed by atoms with Crippen molar-refractivity contribution in [1.82, 2.24) is 15.5 Å². The standard InChI is InChI=1S/C15H19N3O4/c1-19-12-4-3-10(7-13(12)20-2)8-14-17-15(22-18-14)11-9-21-6-5-16-11/h3-4,7,11,16H,5-6,8-9H2,1-2H3. The number of methoxy groups -OCH3 is 2. The lowest BCUT2D eigenvalue weighted by atomic mass is 10.1. The highest BCUT2D eigenvalue weighted by atomic mass is 16.5. The van der Waals surface area contributed by atoms with Crippen molar-refractivity contribution in [3.63, 3.8) is 0 Å². The third-order valence-corrected chi connectivity index (χ3v) is 3.51. The van der Waals surface area contributed by atoms with Crippen molar-refractivity contribution >= 4 is 0 Å². The average Bonchev–Trinajstić information content (AvgIpc) is 3.04. The van der Waals surface area contributed by atoms with Crippen LogP contribution in [-0.4, -0.2) is 44.1 Å². The molecule has 1 aromatic heterocycles. The summed E-state index contributed by atoms with van der Waals surface area (Å²) in [6, 6.07) is 5.71. The van der Waals surface area contributed by atoms with Gasteiger partial charge in [0.1, 0.15) is 6.04 Å². The maximum Gasteiger partial charge on any atom is 0.246 e. The first-order valence-electron chi connectivity index (χ1n) is 7.14.